The average molecular weight is 551 g/mol. The Morgan fingerprint density at radius 1 is 1.27 bits per heavy atom. The largest absolute Gasteiger partial charge is 0.454 e. The van der Waals surface area contributed by atoms with E-state index in [1.165, 1.54) is 23.0 Å². The van der Waals surface area contributed by atoms with Gasteiger partial charge in [0.15, 0.2) is 5.75 Å². The second-order valence-corrected chi connectivity index (χ2v) is 8.71. The molecule has 0 unspecified atom stereocenters. The van der Waals surface area contributed by atoms with Crippen LogP contribution >= 0.6 is 23.2 Å². The van der Waals surface area contributed by atoms with Crippen molar-refractivity contribution in [1.82, 2.24) is 14.9 Å². The van der Waals surface area contributed by atoms with E-state index in [9.17, 15) is 18.4 Å². The van der Waals surface area contributed by atoms with E-state index in [1.54, 1.807) is 31.2 Å². The number of hydrogen-bond donors (Lipinski definition) is 2. The number of halogens is 4. The second-order valence-electron chi connectivity index (χ2n) is 7.90. The van der Waals surface area contributed by atoms with Crippen LogP contribution in [0.4, 0.5) is 19.3 Å². The number of alkyl carbamates (subject to hydrolysis) is 1. The minimum atomic E-state index is -2.53. The Kier molecular flexibility index (Phi) is 7.47. The van der Waals surface area contributed by atoms with Gasteiger partial charge in [0.25, 0.3) is 12.3 Å². The van der Waals surface area contributed by atoms with Crippen molar-refractivity contribution in [3.63, 3.8) is 0 Å². The predicted molar refractivity (Wildman–Crippen MR) is 131 cm³/mol. The number of benzene rings is 2. The third-order valence-corrected chi connectivity index (χ3v) is 6.06. The topological polar surface area (TPSA) is 131 Å². The Morgan fingerprint density at radius 3 is 2.57 bits per heavy atom. The molecule has 0 saturated heterocycles. The first-order valence-corrected chi connectivity index (χ1v) is 11.6. The highest BCUT2D eigenvalue weighted by atomic mass is 35.5. The lowest BCUT2D eigenvalue weighted by Gasteiger charge is -2.17. The van der Waals surface area contributed by atoms with E-state index in [0.717, 1.165) is 0 Å². The maximum Gasteiger partial charge on any atom is 0.414 e. The molecule has 4 rings (SSSR count). The average Bonchev–Trinajstić information content (AvgIpc) is 3.55. The molecule has 1 fully saturated rings. The number of anilines is 1. The molecule has 0 bridgehead atoms. The van der Waals surface area contributed by atoms with E-state index in [2.05, 4.69) is 20.2 Å². The number of nitriles is 1. The maximum absolute atomic E-state index is 13.6. The highest BCUT2D eigenvalue weighted by Crippen LogP contribution is 2.50. The van der Waals surface area contributed by atoms with Crippen LogP contribution in [0.15, 0.2) is 41.8 Å². The highest BCUT2D eigenvalue weighted by Gasteiger charge is 2.53. The SMILES string of the molecule is CCOC(=O)NC(=O)/C(C#N)=N/Nc1cc(Cl)c(Oc2ccc3ncn(C4(C(F)F)CC4)c3c2)c(Cl)c1. The zero-order valence-corrected chi connectivity index (χ0v) is 20.6. The van der Waals surface area contributed by atoms with Gasteiger partial charge in [-0.1, -0.05) is 23.2 Å². The van der Waals surface area contributed by atoms with Gasteiger partial charge in [0.2, 0.25) is 5.71 Å². The molecule has 2 N–H and O–H groups in total. The first-order chi connectivity index (χ1) is 17.7. The van der Waals surface area contributed by atoms with E-state index < -0.39 is 29.7 Å². The zero-order valence-electron chi connectivity index (χ0n) is 19.1. The molecule has 1 heterocycles. The summed E-state index contributed by atoms with van der Waals surface area (Å²) < 4.78 is 39.2. The molecule has 1 aromatic heterocycles. The summed E-state index contributed by atoms with van der Waals surface area (Å²) in [6.07, 6.45) is -1.44. The monoisotopic (exact) mass is 550 g/mol. The van der Waals surface area contributed by atoms with Crippen molar-refractivity contribution in [1.29, 1.82) is 5.26 Å². The van der Waals surface area contributed by atoms with Crippen LogP contribution in [0.2, 0.25) is 10.0 Å². The number of ether oxygens (including phenoxy) is 2. The molecule has 14 heteroatoms. The van der Waals surface area contributed by atoms with Crippen LogP contribution in [0.5, 0.6) is 11.5 Å². The van der Waals surface area contributed by atoms with Gasteiger partial charge in [-0.15, -0.1) is 0 Å². The van der Waals surface area contributed by atoms with Gasteiger partial charge in [0, 0.05) is 6.07 Å². The second kappa shape index (κ2) is 10.6. The van der Waals surface area contributed by atoms with E-state index >= 15 is 0 Å². The van der Waals surface area contributed by atoms with Crippen molar-refractivity contribution in [3.8, 4) is 17.6 Å². The predicted octanol–water partition coefficient (Wildman–Crippen LogP) is 5.45. The first-order valence-electron chi connectivity index (χ1n) is 10.8. The Bertz CT molecular complexity index is 1430. The number of nitrogens with zero attached hydrogens (tertiary/aromatic N) is 4. The summed E-state index contributed by atoms with van der Waals surface area (Å²) in [4.78, 5) is 27.5. The third-order valence-electron chi connectivity index (χ3n) is 5.49. The summed E-state index contributed by atoms with van der Waals surface area (Å²) in [5.74, 6) is -0.692. The molecule has 192 valence electrons. The molecule has 0 spiro atoms. The summed E-state index contributed by atoms with van der Waals surface area (Å²) in [5, 5.41) is 14.8. The van der Waals surface area contributed by atoms with Gasteiger partial charge in [-0.05, 0) is 44.0 Å². The Labute approximate surface area is 218 Å². The fourth-order valence-corrected chi connectivity index (χ4v) is 4.07. The van der Waals surface area contributed by atoms with Crippen molar-refractivity contribution in [2.75, 3.05) is 12.0 Å². The fourth-order valence-electron chi connectivity index (χ4n) is 3.50. The molecule has 1 aliphatic rings. The van der Waals surface area contributed by atoms with Crippen molar-refractivity contribution in [2.24, 2.45) is 5.10 Å². The van der Waals surface area contributed by atoms with Crippen molar-refractivity contribution >= 4 is 57.6 Å². The lowest BCUT2D eigenvalue weighted by molar-refractivity contribution is -0.114. The number of fused-ring (bicyclic) bond motifs is 1. The molecule has 2 aromatic carbocycles. The fraction of sp³-hybridized carbons (Fsp3) is 0.261. The van der Waals surface area contributed by atoms with Gasteiger partial charge < -0.3 is 14.0 Å². The van der Waals surface area contributed by atoms with Crippen molar-refractivity contribution < 1.29 is 27.8 Å². The standard InChI is InChI=1S/C23H18Cl2F2N6O4/c1-2-36-22(35)30-20(34)17(10-28)32-31-12-7-14(24)19(15(25)8-12)37-13-3-4-16-18(9-13)33(11-29-16)23(5-6-23)21(26)27/h3-4,7-9,11,21,31H,2,5-6H2,1H3,(H,30,34,35)/b32-17+. The minimum Gasteiger partial charge on any atom is -0.454 e. The van der Waals surface area contributed by atoms with Gasteiger partial charge >= 0.3 is 6.09 Å². The number of amides is 2. The molecule has 0 radical (unpaired) electrons. The number of rotatable bonds is 8. The van der Waals surface area contributed by atoms with Gasteiger partial charge in [0.05, 0.1) is 39.7 Å². The van der Waals surface area contributed by atoms with Gasteiger partial charge in [0.1, 0.15) is 17.4 Å². The minimum absolute atomic E-state index is 0.0375. The van der Waals surface area contributed by atoms with Crippen LogP contribution in [-0.2, 0) is 15.1 Å². The number of imide groups is 1. The summed E-state index contributed by atoms with van der Waals surface area (Å²) in [7, 11) is 0. The van der Waals surface area contributed by atoms with Gasteiger partial charge in [-0.3, -0.25) is 15.5 Å². The Morgan fingerprint density at radius 2 is 1.97 bits per heavy atom. The van der Waals surface area contributed by atoms with Crippen LogP contribution in [-0.4, -0.2) is 40.3 Å². The number of hydrazone groups is 1. The first kappa shape index (κ1) is 26.1. The van der Waals surface area contributed by atoms with Gasteiger partial charge in [-0.2, -0.15) is 10.4 Å². The maximum atomic E-state index is 13.6. The number of imidazole rings is 1. The molecule has 3 aromatic rings. The zero-order chi connectivity index (χ0) is 26.7. The lowest BCUT2D eigenvalue weighted by Crippen LogP contribution is -2.36. The van der Waals surface area contributed by atoms with Crippen molar-refractivity contribution in [3.05, 3.63) is 46.7 Å². The molecule has 10 nitrogen and oxygen atoms in total. The van der Waals surface area contributed by atoms with Crippen LogP contribution in [0, 0.1) is 11.3 Å². The number of nitrogens with one attached hydrogen (secondary N) is 2. The molecular formula is C23H18Cl2F2N6O4. The summed E-state index contributed by atoms with van der Waals surface area (Å²) in [5.41, 5.74) is 1.79. The van der Waals surface area contributed by atoms with E-state index in [-0.39, 0.29) is 28.1 Å². The summed E-state index contributed by atoms with van der Waals surface area (Å²) in [6, 6.07) is 9.13. The smallest absolute Gasteiger partial charge is 0.414 e. The summed E-state index contributed by atoms with van der Waals surface area (Å²) >= 11 is 12.7. The van der Waals surface area contributed by atoms with E-state index in [1.807, 2.05) is 5.32 Å². The molecule has 2 amide bonds. The quantitative estimate of drug-likeness (QED) is 0.281. The Hall–Kier alpha value is -3.95. The van der Waals surface area contributed by atoms with E-state index in [4.69, 9.17) is 33.2 Å². The molecular weight excluding hydrogens is 533 g/mol. The molecule has 1 aliphatic carbocycles. The Balaban J connectivity index is 1.53. The highest BCUT2D eigenvalue weighted by molar-refractivity contribution is 6.47. The normalized spacial score (nSPS) is 14.2. The number of alkyl halides is 2. The van der Waals surface area contributed by atoms with Gasteiger partial charge in [-0.25, -0.2) is 18.6 Å². The molecule has 0 atom stereocenters. The summed E-state index contributed by atoms with van der Waals surface area (Å²) in [6.45, 7) is 1.59. The van der Waals surface area contributed by atoms with Crippen molar-refractivity contribution in [2.45, 2.75) is 31.7 Å². The lowest BCUT2D eigenvalue weighted by atomic mass is 10.2. The number of hydrogen-bond acceptors (Lipinski definition) is 8. The molecule has 0 aliphatic heterocycles. The molecule has 1 saturated carbocycles. The van der Waals surface area contributed by atoms with Crippen LogP contribution in [0.3, 0.4) is 0 Å². The van der Waals surface area contributed by atoms with Crippen LogP contribution < -0.4 is 15.5 Å². The van der Waals surface area contributed by atoms with E-state index in [0.29, 0.717) is 29.6 Å². The number of carbonyl (C=O) groups excluding carboxylic acids is 2. The number of carbonyl (C=O) groups is 2. The van der Waals surface area contributed by atoms with Crippen LogP contribution in [0.1, 0.15) is 19.8 Å². The number of aromatic nitrogens is 2. The van der Waals surface area contributed by atoms with Crippen LogP contribution in [0.25, 0.3) is 11.0 Å². The molecule has 37 heavy (non-hydrogen) atoms. The third kappa shape index (κ3) is 5.42.